The first-order valence-corrected chi connectivity index (χ1v) is 4.47. The molecule has 0 saturated heterocycles. The molecule has 0 amide bonds. The summed E-state index contributed by atoms with van der Waals surface area (Å²) in [5, 5.41) is 0. The van der Waals surface area contributed by atoms with Crippen LogP contribution in [0.15, 0.2) is 23.6 Å². The van der Waals surface area contributed by atoms with Crippen molar-refractivity contribution in [2.75, 3.05) is 0 Å². The van der Waals surface area contributed by atoms with Gasteiger partial charge in [-0.25, -0.2) is 0 Å². The minimum Gasteiger partial charge on any atom is -0.298 e. The topological polar surface area (TPSA) is 17.1 Å². The van der Waals surface area contributed by atoms with Crippen molar-refractivity contribution in [1.29, 1.82) is 0 Å². The minimum absolute atomic E-state index is 0.00521. The summed E-state index contributed by atoms with van der Waals surface area (Å²) >= 11 is 3.24. The lowest BCUT2D eigenvalue weighted by Gasteiger charge is -2.10. The van der Waals surface area contributed by atoms with Crippen LogP contribution >= 0.6 is 15.9 Å². The zero-order chi connectivity index (χ0) is 8.27. The van der Waals surface area contributed by atoms with Crippen molar-refractivity contribution in [3.8, 4) is 0 Å². The van der Waals surface area contributed by atoms with Gasteiger partial charge in [0.15, 0.2) is 5.78 Å². The van der Waals surface area contributed by atoms with Crippen LogP contribution in [0.3, 0.4) is 0 Å². The Kier molecular flexibility index (Phi) is 2.90. The van der Waals surface area contributed by atoms with E-state index in [1.165, 1.54) is 0 Å². The fourth-order valence-electron chi connectivity index (χ4n) is 0.955. The van der Waals surface area contributed by atoms with E-state index in [9.17, 15) is 4.79 Å². The van der Waals surface area contributed by atoms with Crippen molar-refractivity contribution in [3.05, 3.63) is 23.6 Å². The quantitative estimate of drug-likeness (QED) is 0.507. The molecule has 0 fully saturated rings. The fourth-order valence-corrected chi connectivity index (χ4v) is 1.29. The molecule has 0 aliphatic heterocycles. The molecule has 1 rings (SSSR count). The molecule has 1 aliphatic rings. The zero-order valence-corrected chi connectivity index (χ0v) is 7.89. The van der Waals surface area contributed by atoms with Gasteiger partial charge in [0.25, 0.3) is 0 Å². The number of hydrogen-bond donors (Lipinski definition) is 0. The number of Topliss-reactive ketones (excluding diaryl/α,β-unsaturated/α-hetero) is 1. The van der Waals surface area contributed by atoms with Gasteiger partial charge in [0.1, 0.15) is 0 Å². The van der Waals surface area contributed by atoms with Crippen molar-refractivity contribution in [2.24, 2.45) is 5.92 Å². The molecule has 2 atom stereocenters. The minimum atomic E-state index is -0.0583. The van der Waals surface area contributed by atoms with Crippen LogP contribution in [-0.4, -0.2) is 10.6 Å². The summed E-state index contributed by atoms with van der Waals surface area (Å²) in [7, 11) is 0. The Balaban J connectivity index is 2.66. The van der Waals surface area contributed by atoms with E-state index in [0.29, 0.717) is 0 Å². The van der Waals surface area contributed by atoms with Crippen LogP contribution in [0.4, 0.5) is 0 Å². The molecule has 1 aliphatic carbocycles. The number of ketones is 1. The molecule has 11 heavy (non-hydrogen) atoms. The van der Waals surface area contributed by atoms with Gasteiger partial charge >= 0.3 is 0 Å². The van der Waals surface area contributed by atoms with Gasteiger partial charge in [-0.2, -0.15) is 0 Å². The zero-order valence-electron chi connectivity index (χ0n) is 6.30. The van der Waals surface area contributed by atoms with Crippen LogP contribution in [0.25, 0.3) is 0 Å². The smallest absolute Gasteiger partial charge is 0.153 e. The molecule has 2 heteroatoms. The number of rotatable bonds is 2. The average molecular weight is 213 g/mol. The normalized spacial score (nSPS) is 23.6. The third kappa shape index (κ3) is 2.20. The molecule has 0 saturated carbocycles. The predicted octanol–water partition coefficient (Wildman–Crippen LogP) is 2.23. The third-order valence-corrected chi connectivity index (χ3v) is 2.05. The lowest BCUT2D eigenvalue weighted by Crippen LogP contribution is -2.19. The molecular formula is C9H9BrO. The summed E-state index contributed by atoms with van der Waals surface area (Å²) in [6.07, 6.45) is 4.39. The van der Waals surface area contributed by atoms with Crippen molar-refractivity contribution in [1.82, 2.24) is 0 Å². The maximum Gasteiger partial charge on any atom is 0.153 e. The lowest BCUT2D eigenvalue weighted by molar-refractivity contribution is -0.120. The van der Waals surface area contributed by atoms with Crippen molar-refractivity contribution >= 4 is 21.7 Å². The molecule has 0 aromatic heterocycles. The molecule has 0 spiro atoms. The summed E-state index contributed by atoms with van der Waals surface area (Å²) in [6.45, 7) is 1.85. The first-order chi connectivity index (χ1) is 5.22. The number of carbonyl (C=O) groups excluding carboxylic acids is 1. The third-order valence-electron chi connectivity index (χ3n) is 1.60. The second kappa shape index (κ2) is 3.73. The van der Waals surface area contributed by atoms with Crippen molar-refractivity contribution in [3.63, 3.8) is 0 Å². The van der Waals surface area contributed by atoms with E-state index in [1.807, 2.05) is 13.0 Å². The summed E-state index contributed by atoms with van der Waals surface area (Å²) in [4.78, 5) is 11.3. The number of alkyl halides is 1. The summed E-state index contributed by atoms with van der Waals surface area (Å²) in [5.41, 5.74) is 5.61. The Morgan fingerprint density at radius 1 is 1.73 bits per heavy atom. The van der Waals surface area contributed by atoms with Gasteiger partial charge in [-0.05, 0) is 25.5 Å². The van der Waals surface area contributed by atoms with Gasteiger partial charge in [-0.3, -0.25) is 4.79 Å². The number of carbonyl (C=O) groups is 1. The Bertz CT molecular complexity index is 253. The van der Waals surface area contributed by atoms with Gasteiger partial charge in [0.2, 0.25) is 0 Å². The Labute approximate surface area is 74.6 Å². The average Bonchev–Trinajstić information content (AvgIpc) is 2.05. The summed E-state index contributed by atoms with van der Waals surface area (Å²) in [6, 6.07) is 0. The molecule has 0 bridgehead atoms. The summed E-state index contributed by atoms with van der Waals surface area (Å²) in [5.74, 6) is 0.223. The Morgan fingerprint density at radius 2 is 2.45 bits per heavy atom. The molecule has 0 radical (unpaired) electrons. The van der Waals surface area contributed by atoms with Gasteiger partial charge in [-0.1, -0.05) is 27.4 Å². The van der Waals surface area contributed by atoms with E-state index < -0.39 is 0 Å². The van der Waals surface area contributed by atoms with Crippen molar-refractivity contribution in [2.45, 2.75) is 18.2 Å². The summed E-state index contributed by atoms with van der Waals surface area (Å²) < 4.78 is 0. The van der Waals surface area contributed by atoms with Crippen LogP contribution in [0, 0.1) is 5.92 Å². The highest BCUT2D eigenvalue weighted by Crippen LogP contribution is 2.15. The molecule has 0 aromatic rings. The van der Waals surface area contributed by atoms with Gasteiger partial charge in [-0.15, -0.1) is 0 Å². The van der Waals surface area contributed by atoms with Crippen LogP contribution in [0.2, 0.25) is 0 Å². The fraction of sp³-hybridized carbons (Fsp3) is 0.444. The SMILES string of the molecule is CC(Br)C(=O)C1C=C=C=CC1. The van der Waals surface area contributed by atoms with Crippen molar-refractivity contribution < 1.29 is 4.79 Å². The van der Waals surface area contributed by atoms with Gasteiger partial charge < -0.3 is 0 Å². The predicted molar refractivity (Wildman–Crippen MR) is 47.7 cm³/mol. The second-order valence-electron chi connectivity index (χ2n) is 2.52. The second-order valence-corrected chi connectivity index (χ2v) is 3.89. The monoisotopic (exact) mass is 212 g/mol. The molecule has 58 valence electrons. The number of allylic oxidation sites excluding steroid dienone is 2. The van der Waals surface area contributed by atoms with E-state index in [2.05, 4.69) is 27.4 Å². The molecule has 1 nitrogen and oxygen atoms in total. The van der Waals surface area contributed by atoms with Crippen LogP contribution in [0.5, 0.6) is 0 Å². The first kappa shape index (κ1) is 8.55. The number of hydrogen-bond acceptors (Lipinski definition) is 1. The van der Waals surface area contributed by atoms with E-state index >= 15 is 0 Å². The number of halogens is 1. The maximum absolute atomic E-state index is 11.3. The first-order valence-electron chi connectivity index (χ1n) is 3.55. The van der Waals surface area contributed by atoms with E-state index in [-0.39, 0.29) is 16.5 Å². The van der Waals surface area contributed by atoms with Crippen LogP contribution in [0.1, 0.15) is 13.3 Å². The standard InChI is InChI=1S/C9H9BrO/c1-7(10)9(11)8-5-3-2-4-6-8/h3,6-8H,5H2,1H3. The Morgan fingerprint density at radius 3 is 2.91 bits per heavy atom. The molecule has 0 N–H and O–H groups in total. The van der Waals surface area contributed by atoms with Crippen LogP contribution in [-0.2, 0) is 4.79 Å². The molecule has 2 unspecified atom stereocenters. The largest absolute Gasteiger partial charge is 0.298 e. The van der Waals surface area contributed by atoms with Crippen LogP contribution < -0.4 is 0 Å². The van der Waals surface area contributed by atoms with E-state index in [0.717, 1.165) is 6.42 Å². The van der Waals surface area contributed by atoms with Gasteiger partial charge in [0.05, 0.1) is 4.83 Å². The highest BCUT2D eigenvalue weighted by molar-refractivity contribution is 9.10. The Hall–Kier alpha value is -0.550. The maximum atomic E-state index is 11.3. The lowest BCUT2D eigenvalue weighted by atomic mass is 9.97. The molecule has 0 heterocycles. The van der Waals surface area contributed by atoms with E-state index in [4.69, 9.17) is 0 Å². The van der Waals surface area contributed by atoms with Gasteiger partial charge in [0, 0.05) is 5.92 Å². The highest BCUT2D eigenvalue weighted by atomic mass is 79.9. The highest BCUT2D eigenvalue weighted by Gasteiger charge is 2.18. The molecule has 0 aromatic carbocycles. The molecular weight excluding hydrogens is 204 g/mol. The van der Waals surface area contributed by atoms with E-state index in [1.54, 1.807) is 6.08 Å².